The summed E-state index contributed by atoms with van der Waals surface area (Å²) in [5.74, 6) is -1.76. The first-order valence-electron chi connectivity index (χ1n) is 7.79. The standard InChI is InChI=1S/C18H19NO4/c1-10-4-5-12(11(2)8-10)19-15(21)13-14(16(19)22)18(9-20)7-6-17(13,3)23-18/h4-8,13-14,20H,9H2,1-3H3/t13-,14-,17+,18-/m1/s1. The number of fused-ring (bicyclic) bond motifs is 5. The van der Waals surface area contributed by atoms with Crippen LogP contribution in [0.25, 0.3) is 0 Å². The molecule has 1 aromatic carbocycles. The molecule has 0 spiro atoms. The minimum atomic E-state index is -1.07. The number of aliphatic hydroxyl groups is 1. The van der Waals surface area contributed by atoms with Crippen LogP contribution in [0.4, 0.5) is 5.69 Å². The summed E-state index contributed by atoms with van der Waals surface area (Å²) >= 11 is 0. The van der Waals surface area contributed by atoms with Gasteiger partial charge in [0, 0.05) is 0 Å². The van der Waals surface area contributed by atoms with Crippen LogP contribution in [0.1, 0.15) is 18.1 Å². The number of hydrogen-bond donors (Lipinski definition) is 1. The van der Waals surface area contributed by atoms with Gasteiger partial charge in [0.25, 0.3) is 0 Å². The number of aryl methyl sites for hydroxylation is 2. The SMILES string of the molecule is Cc1ccc(N2C(=O)[C@H]3[C@H](C2=O)[C@]2(C)C=C[C@]3(CO)O2)c(C)c1. The molecule has 120 valence electrons. The van der Waals surface area contributed by atoms with Crippen molar-refractivity contribution in [3.63, 3.8) is 0 Å². The lowest BCUT2D eigenvalue weighted by Crippen LogP contribution is -2.43. The first-order chi connectivity index (χ1) is 10.8. The number of nitrogens with zero attached hydrogens (tertiary/aromatic N) is 1. The van der Waals surface area contributed by atoms with Gasteiger partial charge in [-0.2, -0.15) is 0 Å². The van der Waals surface area contributed by atoms with Gasteiger partial charge in [-0.15, -0.1) is 0 Å². The van der Waals surface area contributed by atoms with Crippen LogP contribution in [0, 0.1) is 25.7 Å². The van der Waals surface area contributed by atoms with Crippen LogP contribution >= 0.6 is 0 Å². The lowest BCUT2D eigenvalue weighted by molar-refractivity contribution is -0.131. The van der Waals surface area contributed by atoms with Gasteiger partial charge in [-0.05, 0) is 32.4 Å². The molecule has 4 atom stereocenters. The van der Waals surface area contributed by atoms with Crippen molar-refractivity contribution in [1.29, 1.82) is 0 Å². The summed E-state index contributed by atoms with van der Waals surface area (Å²) in [6.07, 6.45) is 3.55. The van der Waals surface area contributed by atoms with Crippen LogP contribution in [0.3, 0.4) is 0 Å². The second kappa shape index (κ2) is 4.30. The Labute approximate surface area is 134 Å². The van der Waals surface area contributed by atoms with Gasteiger partial charge in [0.15, 0.2) is 0 Å². The number of anilines is 1. The molecule has 5 heteroatoms. The third-order valence-electron chi connectivity index (χ3n) is 5.40. The van der Waals surface area contributed by atoms with E-state index in [1.54, 1.807) is 12.2 Å². The molecule has 0 radical (unpaired) electrons. The van der Waals surface area contributed by atoms with E-state index in [2.05, 4.69) is 0 Å². The van der Waals surface area contributed by atoms with Gasteiger partial charge in [0.2, 0.25) is 11.8 Å². The normalized spacial score (nSPS) is 37.8. The van der Waals surface area contributed by atoms with Crippen molar-refractivity contribution in [3.05, 3.63) is 41.5 Å². The van der Waals surface area contributed by atoms with Gasteiger partial charge in [-0.3, -0.25) is 9.59 Å². The van der Waals surface area contributed by atoms with Gasteiger partial charge in [0.1, 0.15) is 5.60 Å². The molecule has 23 heavy (non-hydrogen) atoms. The van der Waals surface area contributed by atoms with E-state index in [9.17, 15) is 14.7 Å². The van der Waals surface area contributed by atoms with Crippen molar-refractivity contribution in [3.8, 4) is 0 Å². The highest BCUT2D eigenvalue weighted by Gasteiger charge is 2.72. The number of amides is 2. The van der Waals surface area contributed by atoms with Crippen molar-refractivity contribution < 1.29 is 19.4 Å². The second-order valence-electron chi connectivity index (χ2n) is 6.99. The Bertz CT molecular complexity index is 770. The van der Waals surface area contributed by atoms with Gasteiger partial charge < -0.3 is 9.84 Å². The number of carbonyl (C=O) groups is 2. The largest absolute Gasteiger partial charge is 0.393 e. The lowest BCUT2D eigenvalue weighted by atomic mass is 9.73. The fourth-order valence-corrected chi connectivity index (χ4v) is 4.33. The zero-order valence-electron chi connectivity index (χ0n) is 13.4. The summed E-state index contributed by atoms with van der Waals surface area (Å²) in [6.45, 7) is 5.37. The number of rotatable bonds is 2. The summed E-state index contributed by atoms with van der Waals surface area (Å²) in [5, 5.41) is 9.80. The highest BCUT2D eigenvalue weighted by Crippen LogP contribution is 2.57. The zero-order valence-corrected chi connectivity index (χ0v) is 13.4. The molecule has 0 aromatic heterocycles. The minimum absolute atomic E-state index is 0.242. The maximum Gasteiger partial charge on any atom is 0.241 e. The van der Waals surface area contributed by atoms with Gasteiger partial charge in [0.05, 0.1) is 29.7 Å². The Morgan fingerprint density at radius 1 is 1.17 bits per heavy atom. The summed E-state index contributed by atoms with van der Waals surface area (Å²) in [4.78, 5) is 27.3. The van der Waals surface area contributed by atoms with Crippen LogP contribution in [0.2, 0.25) is 0 Å². The molecule has 3 heterocycles. The maximum absolute atomic E-state index is 13.0. The van der Waals surface area contributed by atoms with E-state index in [1.165, 1.54) is 4.90 Å². The third kappa shape index (κ3) is 1.64. The van der Waals surface area contributed by atoms with Crippen LogP contribution in [0.15, 0.2) is 30.4 Å². The van der Waals surface area contributed by atoms with Crippen LogP contribution in [0.5, 0.6) is 0 Å². The Kier molecular flexibility index (Phi) is 2.73. The molecule has 2 bridgehead atoms. The number of ether oxygens (including phenoxy) is 1. The second-order valence-corrected chi connectivity index (χ2v) is 6.99. The van der Waals surface area contributed by atoms with Crippen molar-refractivity contribution >= 4 is 17.5 Å². The fraction of sp³-hybridized carbons (Fsp3) is 0.444. The third-order valence-corrected chi connectivity index (χ3v) is 5.40. The molecule has 0 unspecified atom stereocenters. The summed E-state index contributed by atoms with van der Waals surface area (Å²) in [6, 6.07) is 5.66. The van der Waals surface area contributed by atoms with E-state index in [1.807, 2.05) is 39.0 Å². The summed E-state index contributed by atoms with van der Waals surface area (Å²) in [7, 11) is 0. The van der Waals surface area contributed by atoms with E-state index in [4.69, 9.17) is 4.74 Å². The molecule has 5 nitrogen and oxygen atoms in total. The minimum Gasteiger partial charge on any atom is -0.393 e. The molecule has 2 fully saturated rings. The highest BCUT2D eigenvalue weighted by molar-refractivity contribution is 6.23. The predicted octanol–water partition coefficient (Wildman–Crippen LogP) is 1.50. The molecule has 3 aliphatic heterocycles. The molecule has 0 aliphatic carbocycles. The molecule has 2 amide bonds. The first-order valence-corrected chi connectivity index (χ1v) is 7.79. The van der Waals surface area contributed by atoms with Crippen molar-refractivity contribution in [1.82, 2.24) is 0 Å². The fourth-order valence-electron chi connectivity index (χ4n) is 4.33. The molecule has 0 saturated carbocycles. The summed E-state index contributed by atoms with van der Waals surface area (Å²) in [5.41, 5.74) is 0.689. The average Bonchev–Trinajstić information content (AvgIpc) is 3.07. The Morgan fingerprint density at radius 3 is 2.52 bits per heavy atom. The maximum atomic E-state index is 13.0. The first kappa shape index (κ1) is 14.6. The molecule has 3 aliphatic rings. The Balaban J connectivity index is 1.83. The Morgan fingerprint density at radius 2 is 1.87 bits per heavy atom. The number of aliphatic hydroxyl groups excluding tert-OH is 1. The highest BCUT2D eigenvalue weighted by atomic mass is 16.5. The lowest BCUT2D eigenvalue weighted by Gasteiger charge is -2.27. The topological polar surface area (TPSA) is 66.8 Å². The molecule has 1 aromatic rings. The van der Waals surface area contributed by atoms with E-state index in [0.717, 1.165) is 11.1 Å². The quantitative estimate of drug-likeness (QED) is 0.664. The van der Waals surface area contributed by atoms with E-state index >= 15 is 0 Å². The number of carbonyl (C=O) groups excluding carboxylic acids is 2. The van der Waals surface area contributed by atoms with E-state index in [0.29, 0.717) is 5.69 Å². The van der Waals surface area contributed by atoms with Gasteiger partial charge >= 0.3 is 0 Å². The van der Waals surface area contributed by atoms with Gasteiger partial charge in [-0.1, -0.05) is 29.8 Å². The van der Waals surface area contributed by atoms with Crippen LogP contribution < -0.4 is 4.90 Å². The number of imide groups is 1. The van der Waals surface area contributed by atoms with Crippen molar-refractivity contribution in [2.75, 3.05) is 11.5 Å². The zero-order chi connectivity index (χ0) is 16.6. The smallest absolute Gasteiger partial charge is 0.241 e. The average molecular weight is 313 g/mol. The van der Waals surface area contributed by atoms with Crippen LogP contribution in [-0.4, -0.2) is 34.7 Å². The summed E-state index contributed by atoms with van der Waals surface area (Å²) < 4.78 is 5.91. The van der Waals surface area contributed by atoms with Crippen LogP contribution in [-0.2, 0) is 14.3 Å². The molecule has 1 N–H and O–H groups in total. The Hall–Kier alpha value is -1.98. The van der Waals surface area contributed by atoms with E-state index < -0.39 is 23.0 Å². The molecular formula is C18H19NO4. The number of benzene rings is 1. The van der Waals surface area contributed by atoms with Crippen molar-refractivity contribution in [2.24, 2.45) is 11.8 Å². The molecule has 2 saturated heterocycles. The number of hydrogen-bond acceptors (Lipinski definition) is 4. The van der Waals surface area contributed by atoms with E-state index in [-0.39, 0.29) is 18.4 Å². The predicted molar refractivity (Wildman–Crippen MR) is 83.8 cm³/mol. The van der Waals surface area contributed by atoms with Gasteiger partial charge in [-0.25, -0.2) is 4.90 Å². The monoisotopic (exact) mass is 313 g/mol. The molecule has 4 rings (SSSR count). The van der Waals surface area contributed by atoms with Crippen molar-refractivity contribution in [2.45, 2.75) is 32.0 Å². The molecular weight excluding hydrogens is 294 g/mol.